The van der Waals surface area contributed by atoms with Crippen molar-refractivity contribution in [1.82, 2.24) is 10.6 Å². The van der Waals surface area contributed by atoms with Gasteiger partial charge in [0.25, 0.3) is 0 Å². The number of thioether (sulfide) groups is 1. The van der Waals surface area contributed by atoms with Crippen LogP contribution in [0.25, 0.3) is 0 Å². The van der Waals surface area contributed by atoms with Crippen LogP contribution in [-0.4, -0.2) is 47.9 Å². The number of rotatable bonds is 7. The smallest absolute Gasteiger partial charge is 0.309 e. The molecule has 1 unspecified atom stereocenters. The zero-order valence-electron chi connectivity index (χ0n) is 13.8. The zero-order valence-corrected chi connectivity index (χ0v) is 14.6. The van der Waals surface area contributed by atoms with Crippen LogP contribution in [0.3, 0.4) is 0 Å². The Kier molecular flexibility index (Phi) is 6.33. The SMILES string of the molecule is CSCCC(C)(O)CNC(=O)C(=O)NCc1ccc2c(c1)OCO2. The van der Waals surface area contributed by atoms with Gasteiger partial charge >= 0.3 is 11.8 Å². The highest BCUT2D eigenvalue weighted by Crippen LogP contribution is 2.32. The Hall–Kier alpha value is -1.93. The van der Waals surface area contributed by atoms with Gasteiger partial charge in [-0.1, -0.05) is 6.07 Å². The van der Waals surface area contributed by atoms with Crippen molar-refractivity contribution in [2.75, 3.05) is 25.3 Å². The minimum absolute atomic E-state index is 0.0316. The van der Waals surface area contributed by atoms with Gasteiger partial charge in [-0.2, -0.15) is 11.8 Å². The van der Waals surface area contributed by atoms with Crippen molar-refractivity contribution < 1.29 is 24.2 Å². The van der Waals surface area contributed by atoms with E-state index in [0.29, 0.717) is 17.9 Å². The van der Waals surface area contributed by atoms with Crippen molar-refractivity contribution in [2.24, 2.45) is 0 Å². The summed E-state index contributed by atoms with van der Waals surface area (Å²) >= 11 is 1.61. The molecule has 1 heterocycles. The molecule has 1 aromatic carbocycles. The van der Waals surface area contributed by atoms with E-state index in [1.165, 1.54) is 0 Å². The number of nitrogens with one attached hydrogen (secondary N) is 2. The Bertz CT molecular complexity index is 606. The Balaban J connectivity index is 1.76. The Morgan fingerprint density at radius 3 is 2.71 bits per heavy atom. The molecule has 0 aliphatic carbocycles. The van der Waals surface area contributed by atoms with E-state index < -0.39 is 17.4 Å². The van der Waals surface area contributed by atoms with Gasteiger partial charge < -0.3 is 25.2 Å². The third-order valence-corrected chi connectivity index (χ3v) is 4.18. The van der Waals surface area contributed by atoms with Gasteiger partial charge in [0.1, 0.15) is 0 Å². The van der Waals surface area contributed by atoms with Crippen LogP contribution in [0.1, 0.15) is 18.9 Å². The number of carbonyl (C=O) groups excluding carboxylic acids is 2. The summed E-state index contributed by atoms with van der Waals surface area (Å²) in [5.41, 5.74) is -0.233. The maximum atomic E-state index is 11.8. The maximum Gasteiger partial charge on any atom is 0.309 e. The largest absolute Gasteiger partial charge is 0.454 e. The van der Waals surface area contributed by atoms with Crippen LogP contribution in [0.4, 0.5) is 0 Å². The lowest BCUT2D eigenvalue weighted by Crippen LogP contribution is -2.46. The third-order valence-electron chi connectivity index (χ3n) is 3.57. The molecule has 8 heteroatoms. The maximum absolute atomic E-state index is 11.8. The molecule has 24 heavy (non-hydrogen) atoms. The predicted octanol–water partition coefficient (Wildman–Crippen LogP) is 0.652. The molecule has 2 rings (SSSR count). The Morgan fingerprint density at radius 1 is 1.25 bits per heavy atom. The van der Waals surface area contributed by atoms with Crippen LogP contribution in [-0.2, 0) is 16.1 Å². The van der Waals surface area contributed by atoms with Crippen molar-refractivity contribution in [3.05, 3.63) is 23.8 Å². The van der Waals surface area contributed by atoms with Crippen LogP contribution in [0.15, 0.2) is 18.2 Å². The van der Waals surface area contributed by atoms with Gasteiger partial charge in [0.2, 0.25) is 6.79 Å². The van der Waals surface area contributed by atoms with Crippen LogP contribution in [0.5, 0.6) is 11.5 Å². The average Bonchev–Trinajstić information content (AvgIpc) is 3.03. The monoisotopic (exact) mass is 354 g/mol. The molecule has 1 atom stereocenters. The minimum Gasteiger partial charge on any atom is -0.454 e. The number of fused-ring (bicyclic) bond motifs is 1. The lowest BCUT2D eigenvalue weighted by atomic mass is 10.0. The van der Waals surface area contributed by atoms with Crippen LogP contribution < -0.4 is 20.1 Å². The first kappa shape index (κ1) is 18.4. The summed E-state index contributed by atoms with van der Waals surface area (Å²) in [5.74, 6) is 0.555. The highest BCUT2D eigenvalue weighted by Gasteiger charge is 2.23. The third kappa shape index (κ3) is 5.31. The first-order valence-electron chi connectivity index (χ1n) is 7.57. The van der Waals surface area contributed by atoms with E-state index in [4.69, 9.17) is 9.47 Å². The molecule has 0 bridgehead atoms. The number of aliphatic hydroxyl groups is 1. The topological polar surface area (TPSA) is 96.9 Å². The molecule has 0 fully saturated rings. The second kappa shape index (κ2) is 8.25. The summed E-state index contributed by atoms with van der Waals surface area (Å²) in [6.07, 6.45) is 2.48. The summed E-state index contributed by atoms with van der Waals surface area (Å²) in [7, 11) is 0. The Morgan fingerprint density at radius 2 is 1.96 bits per heavy atom. The van der Waals surface area contributed by atoms with Crippen molar-refractivity contribution in [1.29, 1.82) is 0 Å². The van der Waals surface area contributed by atoms with Gasteiger partial charge in [-0.05, 0) is 43.0 Å². The van der Waals surface area contributed by atoms with Gasteiger partial charge in [0, 0.05) is 13.1 Å². The fourth-order valence-electron chi connectivity index (χ4n) is 2.07. The normalized spacial score (nSPS) is 14.8. The molecular weight excluding hydrogens is 332 g/mol. The molecule has 0 aromatic heterocycles. The fraction of sp³-hybridized carbons (Fsp3) is 0.500. The summed E-state index contributed by atoms with van der Waals surface area (Å²) in [6, 6.07) is 5.31. The lowest BCUT2D eigenvalue weighted by molar-refractivity contribution is -0.139. The quantitative estimate of drug-likeness (QED) is 0.622. The van der Waals surface area contributed by atoms with E-state index in [1.54, 1.807) is 36.9 Å². The van der Waals surface area contributed by atoms with Crippen LogP contribution in [0, 0.1) is 0 Å². The number of hydrogen-bond donors (Lipinski definition) is 3. The van der Waals surface area contributed by atoms with E-state index in [1.807, 2.05) is 6.26 Å². The van der Waals surface area contributed by atoms with Crippen molar-refractivity contribution in [2.45, 2.75) is 25.5 Å². The van der Waals surface area contributed by atoms with Gasteiger partial charge in [-0.25, -0.2) is 0 Å². The average molecular weight is 354 g/mol. The molecule has 2 amide bonds. The molecule has 0 spiro atoms. The molecule has 132 valence electrons. The molecule has 7 nitrogen and oxygen atoms in total. The molecule has 1 aliphatic heterocycles. The first-order chi connectivity index (χ1) is 11.4. The molecule has 3 N–H and O–H groups in total. The predicted molar refractivity (Wildman–Crippen MR) is 91.0 cm³/mol. The van der Waals surface area contributed by atoms with E-state index in [-0.39, 0.29) is 19.9 Å². The number of benzene rings is 1. The summed E-state index contributed by atoms with van der Waals surface area (Å²) in [5, 5.41) is 15.1. The van der Waals surface area contributed by atoms with Gasteiger partial charge in [-0.3, -0.25) is 9.59 Å². The molecule has 0 saturated heterocycles. The van der Waals surface area contributed by atoms with Crippen LogP contribution in [0.2, 0.25) is 0 Å². The van der Waals surface area contributed by atoms with Crippen molar-refractivity contribution in [3.63, 3.8) is 0 Å². The lowest BCUT2D eigenvalue weighted by Gasteiger charge is -2.23. The summed E-state index contributed by atoms with van der Waals surface area (Å²) in [4.78, 5) is 23.6. The van der Waals surface area contributed by atoms with E-state index in [9.17, 15) is 14.7 Å². The highest BCUT2D eigenvalue weighted by atomic mass is 32.2. The van der Waals surface area contributed by atoms with Crippen molar-refractivity contribution in [3.8, 4) is 11.5 Å². The Labute approximate surface area is 145 Å². The number of carbonyl (C=O) groups is 2. The molecule has 0 radical (unpaired) electrons. The number of hydrogen-bond acceptors (Lipinski definition) is 6. The first-order valence-corrected chi connectivity index (χ1v) is 8.96. The van der Waals surface area contributed by atoms with E-state index >= 15 is 0 Å². The highest BCUT2D eigenvalue weighted by molar-refractivity contribution is 7.98. The molecule has 0 saturated carbocycles. The molecule has 1 aromatic rings. The van der Waals surface area contributed by atoms with Gasteiger partial charge in [0.05, 0.1) is 5.60 Å². The molecule has 1 aliphatic rings. The van der Waals surface area contributed by atoms with E-state index in [2.05, 4.69) is 10.6 Å². The second-order valence-electron chi connectivity index (χ2n) is 5.79. The summed E-state index contributed by atoms with van der Waals surface area (Å²) < 4.78 is 10.5. The zero-order chi connectivity index (χ0) is 17.6. The fourth-order valence-corrected chi connectivity index (χ4v) is 2.72. The second-order valence-corrected chi connectivity index (χ2v) is 6.78. The minimum atomic E-state index is -1.03. The van der Waals surface area contributed by atoms with Crippen molar-refractivity contribution >= 4 is 23.6 Å². The van der Waals surface area contributed by atoms with Crippen LogP contribution >= 0.6 is 11.8 Å². The van der Waals surface area contributed by atoms with E-state index in [0.717, 1.165) is 11.3 Å². The number of ether oxygens (including phenoxy) is 2. The van der Waals surface area contributed by atoms with Gasteiger partial charge in [0.15, 0.2) is 11.5 Å². The summed E-state index contributed by atoms with van der Waals surface area (Å²) in [6.45, 7) is 2.05. The standard InChI is InChI=1S/C16H22N2O5S/c1-16(21,5-6-24-2)9-18-15(20)14(19)17-8-11-3-4-12-13(7-11)23-10-22-12/h3-4,7,21H,5-6,8-10H2,1-2H3,(H,17,19)(H,18,20). The molecular formula is C16H22N2O5S. The number of amides is 2. The van der Waals surface area contributed by atoms with Gasteiger partial charge in [-0.15, -0.1) is 0 Å².